The molecule has 0 atom stereocenters. The van der Waals surface area contributed by atoms with Gasteiger partial charge in [0.15, 0.2) is 0 Å². The van der Waals surface area contributed by atoms with Crippen LogP contribution >= 0.6 is 0 Å². The molecule has 0 aliphatic heterocycles. The molecule has 0 aromatic carbocycles. The highest BCUT2D eigenvalue weighted by Gasteiger charge is 1.90. The third kappa shape index (κ3) is 13.9. The molecule has 0 aromatic rings. The highest BCUT2D eigenvalue weighted by molar-refractivity contribution is 4.46. The van der Waals surface area contributed by atoms with Gasteiger partial charge >= 0.3 is 0 Å². The topological polar surface area (TPSA) is 30.5 Å². The van der Waals surface area contributed by atoms with E-state index in [1.165, 1.54) is 12.8 Å². The summed E-state index contributed by atoms with van der Waals surface area (Å²) in [7, 11) is 0. The van der Waals surface area contributed by atoms with Gasteiger partial charge in [-0.2, -0.15) is 0 Å². The van der Waals surface area contributed by atoms with E-state index in [-0.39, 0.29) is 0 Å². The van der Waals surface area contributed by atoms with Crippen molar-refractivity contribution < 1.29 is 9.47 Å². The molecule has 3 heteroatoms. The van der Waals surface area contributed by atoms with Crippen molar-refractivity contribution in [3.05, 3.63) is 0 Å². The summed E-state index contributed by atoms with van der Waals surface area (Å²) in [5, 5.41) is 3.37. The predicted octanol–water partition coefficient (Wildman–Crippen LogP) is 2.21. The minimum atomic E-state index is 0.738. The summed E-state index contributed by atoms with van der Waals surface area (Å²) in [5.41, 5.74) is 0. The van der Waals surface area contributed by atoms with Gasteiger partial charge in [-0.25, -0.2) is 0 Å². The van der Waals surface area contributed by atoms with Gasteiger partial charge in [-0.1, -0.05) is 13.8 Å². The molecule has 0 heterocycles. The van der Waals surface area contributed by atoms with Crippen molar-refractivity contribution in [2.45, 2.75) is 39.5 Å². The van der Waals surface area contributed by atoms with Crippen molar-refractivity contribution in [1.29, 1.82) is 0 Å². The number of hydrogen-bond donors (Lipinski definition) is 1. The Bertz CT molecular complexity index is 97.8. The normalized spacial score (nSPS) is 10.8. The lowest BCUT2D eigenvalue weighted by molar-refractivity contribution is 0.0467. The van der Waals surface area contributed by atoms with Crippen LogP contribution in [-0.4, -0.2) is 39.5 Å². The summed E-state index contributed by atoms with van der Waals surface area (Å²) in [6.45, 7) is 9.74. The van der Waals surface area contributed by atoms with Gasteiger partial charge in [-0.15, -0.1) is 0 Å². The maximum absolute atomic E-state index is 5.43. The van der Waals surface area contributed by atoms with Gasteiger partial charge in [0, 0.05) is 13.2 Å². The Morgan fingerprint density at radius 1 is 0.733 bits per heavy atom. The lowest BCUT2D eigenvalue weighted by atomic mass is 10.3. The minimum Gasteiger partial charge on any atom is -0.379 e. The third-order valence-electron chi connectivity index (χ3n) is 2.04. The molecule has 0 aliphatic rings. The molecule has 1 N–H and O–H groups in total. The Hall–Kier alpha value is -0.120. The number of rotatable bonds is 12. The zero-order valence-corrected chi connectivity index (χ0v) is 10.4. The molecular formula is C12H27NO2. The predicted molar refractivity (Wildman–Crippen MR) is 64.3 cm³/mol. The lowest BCUT2D eigenvalue weighted by Gasteiger charge is -2.05. The monoisotopic (exact) mass is 217 g/mol. The van der Waals surface area contributed by atoms with E-state index >= 15 is 0 Å². The SMILES string of the molecule is CCCNCCCCOCCOCCC. The Balaban J connectivity index is 2.81. The van der Waals surface area contributed by atoms with Gasteiger partial charge in [-0.3, -0.25) is 0 Å². The molecule has 0 radical (unpaired) electrons. The quantitative estimate of drug-likeness (QED) is 0.508. The number of nitrogens with one attached hydrogen (secondary N) is 1. The van der Waals surface area contributed by atoms with Crippen molar-refractivity contribution in [2.75, 3.05) is 39.5 Å². The van der Waals surface area contributed by atoms with Crippen LogP contribution in [-0.2, 0) is 9.47 Å². The zero-order chi connectivity index (χ0) is 11.2. The average molecular weight is 217 g/mol. The summed E-state index contributed by atoms with van der Waals surface area (Å²) in [4.78, 5) is 0. The van der Waals surface area contributed by atoms with Crippen LogP contribution < -0.4 is 5.32 Å². The largest absolute Gasteiger partial charge is 0.379 e. The molecule has 0 rings (SSSR count). The molecule has 3 nitrogen and oxygen atoms in total. The van der Waals surface area contributed by atoms with E-state index in [1.807, 2.05) is 0 Å². The van der Waals surface area contributed by atoms with Crippen molar-refractivity contribution in [3.63, 3.8) is 0 Å². The summed E-state index contributed by atoms with van der Waals surface area (Å²) in [6, 6.07) is 0. The second kappa shape index (κ2) is 13.9. The van der Waals surface area contributed by atoms with Gasteiger partial charge in [0.2, 0.25) is 0 Å². The van der Waals surface area contributed by atoms with Gasteiger partial charge in [0.05, 0.1) is 13.2 Å². The first kappa shape index (κ1) is 14.9. The average Bonchev–Trinajstić information content (AvgIpc) is 2.26. The van der Waals surface area contributed by atoms with Crippen molar-refractivity contribution >= 4 is 0 Å². The first-order chi connectivity index (χ1) is 7.41. The van der Waals surface area contributed by atoms with Crippen molar-refractivity contribution in [2.24, 2.45) is 0 Å². The van der Waals surface area contributed by atoms with E-state index in [9.17, 15) is 0 Å². The first-order valence-electron chi connectivity index (χ1n) is 6.28. The fourth-order valence-corrected chi connectivity index (χ4v) is 1.22. The van der Waals surface area contributed by atoms with E-state index in [0.717, 1.165) is 52.4 Å². The van der Waals surface area contributed by atoms with Crippen LogP contribution in [0.2, 0.25) is 0 Å². The second-order valence-electron chi connectivity index (χ2n) is 3.68. The number of unbranched alkanes of at least 4 members (excludes halogenated alkanes) is 1. The molecule has 92 valence electrons. The minimum absolute atomic E-state index is 0.738. The summed E-state index contributed by atoms with van der Waals surface area (Å²) in [6.07, 6.45) is 4.65. The molecule has 0 fully saturated rings. The molecule has 0 aliphatic carbocycles. The first-order valence-corrected chi connectivity index (χ1v) is 6.28. The Kier molecular flexibility index (Phi) is 13.8. The standard InChI is InChI=1S/C12H27NO2/c1-3-7-13-8-5-6-10-15-12-11-14-9-4-2/h13H,3-12H2,1-2H3. The molecule has 0 saturated carbocycles. The highest BCUT2D eigenvalue weighted by Crippen LogP contribution is 1.89. The van der Waals surface area contributed by atoms with Crippen LogP contribution in [0.5, 0.6) is 0 Å². The summed E-state index contributed by atoms with van der Waals surface area (Å²) < 4.78 is 10.7. The van der Waals surface area contributed by atoms with Crippen LogP contribution in [0, 0.1) is 0 Å². The second-order valence-corrected chi connectivity index (χ2v) is 3.68. The van der Waals surface area contributed by atoms with Gasteiger partial charge in [0.25, 0.3) is 0 Å². The van der Waals surface area contributed by atoms with Crippen molar-refractivity contribution in [3.8, 4) is 0 Å². The number of ether oxygens (including phenoxy) is 2. The summed E-state index contributed by atoms with van der Waals surface area (Å²) >= 11 is 0. The fraction of sp³-hybridized carbons (Fsp3) is 1.00. The fourth-order valence-electron chi connectivity index (χ4n) is 1.22. The highest BCUT2D eigenvalue weighted by atomic mass is 16.5. The molecule has 0 spiro atoms. The smallest absolute Gasteiger partial charge is 0.0700 e. The van der Waals surface area contributed by atoms with Crippen LogP contribution in [0.3, 0.4) is 0 Å². The molecule has 0 amide bonds. The van der Waals surface area contributed by atoms with Gasteiger partial charge in [-0.05, 0) is 38.8 Å². The van der Waals surface area contributed by atoms with E-state index in [2.05, 4.69) is 19.2 Å². The number of hydrogen-bond acceptors (Lipinski definition) is 3. The van der Waals surface area contributed by atoms with Crippen molar-refractivity contribution in [1.82, 2.24) is 5.32 Å². The van der Waals surface area contributed by atoms with Gasteiger partial charge in [0.1, 0.15) is 0 Å². The molecule has 0 saturated heterocycles. The van der Waals surface area contributed by atoms with Crippen LogP contribution in [0.4, 0.5) is 0 Å². The van der Waals surface area contributed by atoms with E-state index < -0.39 is 0 Å². The molecule has 0 bridgehead atoms. The Morgan fingerprint density at radius 2 is 1.47 bits per heavy atom. The van der Waals surface area contributed by atoms with E-state index in [4.69, 9.17) is 9.47 Å². The zero-order valence-electron chi connectivity index (χ0n) is 10.4. The third-order valence-corrected chi connectivity index (χ3v) is 2.04. The van der Waals surface area contributed by atoms with Crippen LogP contribution in [0.1, 0.15) is 39.5 Å². The molecule has 0 aromatic heterocycles. The van der Waals surface area contributed by atoms with Crippen LogP contribution in [0.15, 0.2) is 0 Å². The maximum atomic E-state index is 5.43. The van der Waals surface area contributed by atoms with E-state index in [0.29, 0.717) is 0 Å². The Morgan fingerprint density at radius 3 is 2.13 bits per heavy atom. The Labute approximate surface area is 94.5 Å². The van der Waals surface area contributed by atoms with E-state index in [1.54, 1.807) is 0 Å². The van der Waals surface area contributed by atoms with Gasteiger partial charge < -0.3 is 14.8 Å². The molecule has 0 unspecified atom stereocenters. The summed E-state index contributed by atoms with van der Waals surface area (Å²) in [5.74, 6) is 0. The lowest BCUT2D eigenvalue weighted by Crippen LogP contribution is -2.16. The molecule has 15 heavy (non-hydrogen) atoms. The molecular weight excluding hydrogens is 190 g/mol. The van der Waals surface area contributed by atoms with Crippen LogP contribution in [0.25, 0.3) is 0 Å². The maximum Gasteiger partial charge on any atom is 0.0700 e.